The molecule has 1 N–H and O–H groups in total. The van der Waals surface area contributed by atoms with Crippen molar-refractivity contribution < 1.29 is 24.2 Å². The second-order valence-electron chi connectivity index (χ2n) is 7.89. The van der Waals surface area contributed by atoms with Crippen LogP contribution in [0.15, 0.2) is 70.6 Å². The van der Waals surface area contributed by atoms with E-state index in [1.165, 1.54) is 28.8 Å². The molecule has 3 aromatic rings. The lowest BCUT2D eigenvalue weighted by Crippen LogP contribution is -2.23. The van der Waals surface area contributed by atoms with Crippen LogP contribution < -0.4 is 9.47 Å². The zero-order chi connectivity index (χ0) is 26.5. The molecule has 37 heavy (non-hydrogen) atoms. The van der Waals surface area contributed by atoms with E-state index in [-0.39, 0.29) is 18.1 Å². The normalized spacial score (nSPS) is 15.5. The van der Waals surface area contributed by atoms with Crippen LogP contribution >= 0.6 is 35.0 Å². The first-order valence-electron chi connectivity index (χ1n) is 11.2. The third-order valence-electron chi connectivity index (χ3n) is 5.29. The van der Waals surface area contributed by atoms with Gasteiger partial charge < -0.3 is 14.6 Å². The zero-order valence-electron chi connectivity index (χ0n) is 19.9. The van der Waals surface area contributed by atoms with E-state index in [9.17, 15) is 14.7 Å². The molecule has 0 spiro atoms. The summed E-state index contributed by atoms with van der Waals surface area (Å²) >= 11 is 13.4. The minimum absolute atomic E-state index is 0.124. The van der Waals surface area contributed by atoms with Crippen molar-refractivity contribution in [2.45, 2.75) is 13.5 Å². The standard InChI is InChI=1S/C27H22Cl2N2O5S/c1-3-35-23-11-16(7-10-22(23)36-15-18-8-9-19(28)14-21(18)29)12-24-25(32)31(2)27(37-24)30-20-6-4-5-17(13-20)26(33)34/h4-14H,3,15H2,1-2H3,(H,33,34)/b24-12+,30-27?. The number of thioether (sulfide) groups is 1. The lowest BCUT2D eigenvalue weighted by molar-refractivity contribution is -0.121. The van der Waals surface area contributed by atoms with Gasteiger partial charge in [0, 0.05) is 22.7 Å². The van der Waals surface area contributed by atoms with Gasteiger partial charge in [-0.15, -0.1) is 0 Å². The van der Waals surface area contributed by atoms with Gasteiger partial charge >= 0.3 is 5.97 Å². The van der Waals surface area contributed by atoms with Crippen LogP contribution in [0.25, 0.3) is 6.08 Å². The lowest BCUT2D eigenvalue weighted by atomic mass is 10.1. The Morgan fingerprint density at radius 1 is 1.08 bits per heavy atom. The molecule has 0 aromatic heterocycles. The second-order valence-corrected chi connectivity index (χ2v) is 9.74. The first-order valence-corrected chi connectivity index (χ1v) is 12.8. The fourth-order valence-electron chi connectivity index (χ4n) is 3.42. The van der Waals surface area contributed by atoms with Gasteiger partial charge in [0.25, 0.3) is 5.91 Å². The molecule has 3 aromatic carbocycles. The average Bonchev–Trinajstić information content (AvgIpc) is 3.12. The van der Waals surface area contributed by atoms with Crippen LogP contribution in [0.1, 0.15) is 28.4 Å². The molecule has 0 radical (unpaired) electrons. The lowest BCUT2D eigenvalue weighted by Gasteiger charge is -2.13. The van der Waals surface area contributed by atoms with E-state index in [4.69, 9.17) is 32.7 Å². The fourth-order valence-corrected chi connectivity index (χ4v) is 4.87. The number of hydrogen-bond acceptors (Lipinski definition) is 6. The van der Waals surface area contributed by atoms with Gasteiger partial charge in [-0.1, -0.05) is 41.4 Å². The third-order valence-corrected chi connectivity index (χ3v) is 6.93. The summed E-state index contributed by atoms with van der Waals surface area (Å²) in [6.45, 7) is 2.54. The molecule has 190 valence electrons. The monoisotopic (exact) mass is 556 g/mol. The molecule has 0 unspecified atom stereocenters. The smallest absolute Gasteiger partial charge is 0.335 e. The molecule has 10 heteroatoms. The molecule has 1 aliphatic rings. The van der Waals surface area contributed by atoms with Crippen molar-refractivity contribution in [3.63, 3.8) is 0 Å². The van der Waals surface area contributed by atoms with Crippen molar-refractivity contribution in [3.8, 4) is 11.5 Å². The van der Waals surface area contributed by atoms with E-state index in [2.05, 4.69) is 4.99 Å². The third kappa shape index (κ3) is 6.46. The topological polar surface area (TPSA) is 88.4 Å². The Hall–Kier alpha value is -3.46. The molecular formula is C27H22Cl2N2O5S. The number of carboxylic acids is 1. The van der Waals surface area contributed by atoms with Crippen LogP contribution in [-0.4, -0.2) is 40.7 Å². The maximum absolute atomic E-state index is 12.9. The highest BCUT2D eigenvalue weighted by atomic mass is 35.5. The molecule has 4 rings (SSSR count). The molecule has 1 aliphatic heterocycles. The number of nitrogens with zero attached hydrogens (tertiary/aromatic N) is 2. The van der Waals surface area contributed by atoms with Crippen molar-refractivity contribution >= 4 is 63.8 Å². The summed E-state index contributed by atoms with van der Waals surface area (Å²) in [4.78, 5) is 30.5. The summed E-state index contributed by atoms with van der Waals surface area (Å²) in [5, 5.41) is 10.7. The second kappa shape index (κ2) is 11.7. The Morgan fingerprint density at radius 2 is 1.89 bits per heavy atom. The number of aliphatic imine (C=N–C) groups is 1. The molecule has 0 bridgehead atoms. The Kier molecular flexibility index (Phi) is 8.43. The van der Waals surface area contributed by atoms with Crippen molar-refractivity contribution in [2.75, 3.05) is 13.7 Å². The van der Waals surface area contributed by atoms with Crippen molar-refractivity contribution in [3.05, 3.63) is 92.3 Å². The largest absolute Gasteiger partial charge is 0.490 e. The molecule has 1 amide bonds. The van der Waals surface area contributed by atoms with Crippen LogP contribution in [0.4, 0.5) is 5.69 Å². The number of carboxylic acid groups (broad SMARTS) is 1. The Labute approximate surface area is 228 Å². The van der Waals surface area contributed by atoms with Crippen LogP contribution in [0.5, 0.6) is 11.5 Å². The number of halogens is 2. The van der Waals surface area contributed by atoms with Crippen LogP contribution in [-0.2, 0) is 11.4 Å². The molecule has 1 fully saturated rings. The number of aromatic carboxylic acids is 1. The summed E-state index contributed by atoms with van der Waals surface area (Å²) in [5.74, 6) is -0.183. The predicted molar refractivity (Wildman–Crippen MR) is 147 cm³/mol. The highest BCUT2D eigenvalue weighted by Gasteiger charge is 2.30. The van der Waals surface area contributed by atoms with Gasteiger partial charge in [-0.2, -0.15) is 0 Å². The number of amides is 1. The van der Waals surface area contributed by atoms with Gasteiger partial charge in [-0.3, -0.25) is 9.69 Å². The molecule has 7 nitrogen and oxygen atoms in total. The maximum atomic E-state index is 12.9. The summed E-state index contributed by atoms with van der Waals surface area (Å²) < 4.78 is 11.7. The van der Waals surface area contributed by atoms with Crippen molar-refractivity contribution in [2.24, 2.45) is 4.99 Å². The summed E-state index contributed by atoms with van der Waals surface area (Å²) in [5.41, 5.74) is 2.11. The number of ether oxygens (including phenoxy) is 2. The van der Waals surface area contributed by atoms with Gasteiger partial charge in [-0.05, 0) is 72.8 Å². The maximum Gasteiger partial charge on any atom is 0.335 e. The Morgan fingerprint density at radius 3 is 2.62 bits per heavy atom. The number of hydrogen-bond donors (Lipinski definition) is 1. The molecule has 0 atom stereocenters. The van der Waals surface area contributed by atoms with Crippen molar-refractivity contribution in [1.29, 1.82) is 0 Å². The SMILES string of the molecule is CCOc1cc(/C=C2/SC(=Nc3cccc(C(=O)O)c3)N(C)C2=O)ccc1OCc1ccc(Cl)cc1Cl. The number of amidine groups is 1. The van der Waals surface area contributed by atoms with Gasteiger partial charge in [0.1, 0.15) is 6.61 Å². The van der Waals surface area contributed by atoms with E-state index in [1.54, 1.807) is 55.6 Å². The van der Waals surface area contributed by atoms with Gasteiger partial charge in [0.2, 0.25) is 0 Å². The van der Waals surface area contributed by atoms with E-state index >= 15 is 0 Å². The molecule has 1 saturated heterocycles. The van der Waals surface area contributed by atoms with Crippen LogP contribution in [0.2, 0.25) is 10.0 Å². The van der Waals surface area contributed by atoms with Gasteiger partial charge in [-0.25, -0.2) is 9.79 Å². The predicted octanol–water partition coefficient (Wildman–Crippen LogP) is 6.90. The zero-order valence-corrected chi connectivity index (χ0v) is 22.2. The van der Waals surface area contributed by atoms with E-state index in [0.29, 0.717) is 43.9 Å². The number of carbonyl (C=O) groups is 2. The highest BCUT2D eigenvalue weighted by Crippen LogP contribution is 2.36. The van der Waals surface area contributed by atoms with Crippen LogP contribution in [0, 0.1) is 0 Å². The van der Waals surface area contributed by atoms with Crippen molar-refractivity contribution in [1.82, 2.24) is 4.90 Å². The molecule has 1 heterocycles. The summed E-state index contributed by atoms with van der Waals surface area (Å²) in [7, 11) is 1.63. The first-order chi connectivity index (χ1) is 17.7. The number of likely N-dealkylation sites (N-methyl/N-ethyl adjacent to an activating group) is 1. The van der Waals surface area contributed by atoms with Gasteiger partial charge in [0.15, 0.2) is 16.7 Å². The molecule has 0 aliphatic carbocycles. The first kappa shape index (κ1) is 26.6. The van der Waals surface area contributed by atoms with E-state index in [0.717, 1.165) is 11.1 Å². The summed E-state index contributed by atoms with van der Waals surface area (Å²) in [6, 6.07) is 16.9. The Balaban J connectivity index is 1.55. The van der Waals surface area contributed by atoms with Gasteiger partial charge in [0.05, 0.1) is 22.8 Å². The van der Waals surface area contributed by atoms with E-state index in [1.807, 2.05) is 13.0 Å². The number of rotatable bonds is 8. The van der Waals surface area contributed by atoms with E-state index < -0.39 is 5.97 Å². The fraction of sp³-hybridized carbons (Fsp3) is 0.148. The quantitative estimate of drug-likeness (QED) is 0.303. The molecular weight excluding hydrogens is 535 g/mol. The molecule has 0 saturated carbocycles. The summed E-state index contributed by atoms with van der Waals surface area (Å²) in [6.07, 6.45) is 1.75. The van der Waals surface area contributed by atoms with Crippen LogP contribution in [0.3, 0.4) is 0 Å². The number of benzene rings is 3. The highest BCUT2D eigenvalue weighted by molar-refractivity contribution is 8.18. The number of carbonyl (C=O) groups excluding carboxylic acids is 1. The average molecular weight is 557 g/mol. The minimum Gasteiger partial charge on any atom is -0.490 e. The minimum atomic E-state index is -1.04. The Bertz CT molecular complexity index is 1420.